The quantitative estimate of drug-likeness (QED) is 0.874. The van der Waals surface area contributed by atoms with Gasteiger partial charge in [0, 0.05) is 0 Å². The molecule has 1 aromatic rings. The van der Waals surface area contributed by atoms with Crippen LogP contribution < -0.4 is 15.8 Å². The summed E-state index contributed by atoms with van der Waals surface area (Å²) in [6, 6.07) is 7.14. The molecule has 0 aliphatic carbocycles. The van der Waals surface area contributed by atoms with Crippen molar-refractivity contribution in [2.75, 3.05) is 11.9 Å². The summed E-state index contributed by atoms with van der Waals surface area (Å²) in [7, 11) is 0. The highest BCUT2D eigenvalue weighted by Crippen LogP contribution is 2.27. The van der Waals surface area contributed by atoms with Gasteiger partial charge in [0.2, 0.25) is 11.8 Å². The SMILES string of the molecule is CCOc1ccccc1NC(=O)[C@@H]1CC(=O)N=C(N)S1. The third-order valence-electron chi connectivity index (χ3n) is 2.60. The molecule has 20 heavy (non-hydrogen) atoms. The van der Waals surface area contributed by atoms with E-state index in [1.165, 1.54) is 0 Å². The van der Waals surface area contributed by atoms with Crippen LogP contribution in [0, 0.1) is 0 Å². The van der Waals surface area contributed by atoms with Crippen LogP contribution >= 0.6 is 11.8 Å². The molecule has 6 nitrogen and oxygen atoms in total. The first-order chi connectivity index (χ1) is 9.60. The second-order valence-corrected chi connectivity index (χ2v) is 5.30. The lowest BCUT2D eigenvalue weighted by molar-refractivity contribution is -0.121. The Morgan fingerprint density at radius 3 is 3.00 bits per heavy atom. The van der Waals surface area contributed by atoms with Gasteiger partial charge in [0.05, 0.1) is 18.7 Å². The molecule has 106 valence electrons. The van der Waals surface area contributed by atoms with Gasteiger partial charge in [-0.05, 0) is 19.1 Å². The van der Waals surface area contributed by atoms with E-state index in [-0.39, 0.29) is 23.4 Å². The second kappa shape index (κ2) is 6.42. The maximum atomic E-state index is 12.2. The van der Waals surface area contributed by atoms with Gasteiger partial charge >= 0.3 is 0 Å². The fraction of sp³-hybridized carbons (Fsp3) is 0.308. The Bertz CT molecular complexity index is 560. The highest BCUT2D eigenvalue weighted by atomic mass is 32.2. The van der Waals surface area contributed by atoms with Crippen LogP contribution in [0.5, 0.6) is 5.75 Å². The molecule has 0 radical (unpaired) electrons. The summed E-state index contributed by atoms with van der Waals surface area (Å²) >= 11 is 1.09. The summed E-state index contributed by atoms with van der Waals surface area (Å²) < 4.78 is 5.43. The van der Waals surface area contributed by atoms with Crippen molar-refractivity contribution in [2.45, 2.75) is 18.6 Å². The molecule has 1 aliphatic heterocycles. The molecule has 2 amide bonds. The minimum atomic E-state index is -0.560. The fourth-order valence-corrected chi connectivity index (χ4v) is 2.59. The molecule has 0 unspecified atom stereocenters. The highest BCUT2D eigenvalue weighted by molar-refractivity contribution is 8.15. The van der Waals surface area contributed by atoms with Crippen molar-refractivity contribution in [1.82, 2.24) is 0 Å². The normalized spacial score (nSPS) is 18.4. The minimum absolute atomic E-state index is 0.0496. The number of rotatable bonds is 4. The van der Waals surface area contributed by atoms with E-state index in [4.69, 9.17) is 10.5 Å². The summed E-state index contributed by atoms with van der Waals surface area (Å²) in [5, 5.41) is 2.32. The topological polar surface area (TPSA) is 93.8 Å². The number of nitrogens with one attached hydrogen (secondary N) is 1. The Morgan fingerprint density at radius 2 is 2.30 bits per heavy atom. The van der Waals surface area contributed by atoms with Crippen molar-refractivity contribution in [3.63, 3.8) is 0 Å². The molecule has 0 spiro atoms. The van der Waals surface area contributed by atoms with Crippen LogP contribution in [0.3, 0.4) is 0 Å². The largest absolute Gasteiger partial charge is 0.492 e. The first-order valence-electron chi connectivity index (χ1n) is 6.16. The maximum absolute atomic E-state index is 12.2. The lowest BCUT2D eigenvalue weighted by Crippen LogP contribution is -2.33. The maximum Gasteiger partial charge on any atom is 0.249 e. The molecule has 0 saturated heterocycles. The van der Waals surface area contributed by atoms with Crippen molar-refractivity contribution >= 4 is 34.4 Å². The van der Waals surface area contributed by atoms with Gasteiger partial charge in [-0.25, -0.2) is 0 Å². The Kier molecular flexibility index (Phi) is 4.62. The number of carbonyl (C=O) groups excluding carboxylic acids is 2. The van der Waals surface area contributed by atoms with Gasteiger partial charge in [-0.2, -0.15) is 4.99 Å². The molecule has 2 rings (SSSR count). The van der Waals surface area contributed by atoms with E-state index in [2.05, 4.69) is 10.3 Å². The summed E-state index contributed by atoms with van der Waals surface area (Å²) in [5.74, 6) is -0.0648. The van der Waals surface area contributed by atoms with Gasteiger partial charge in [-0.15, -0.1) is 0 Å². The number of nitrogens with zero attached hydrogens (tertiary/aromatic N) is 1. The molecule has 3 N–H and O–H groups in total. The van der Waals surface area contributed by atoms with Gasteiger partial charge < -0.3 is 15.8 Å². The molecule has 1 aromatic carbocycles. The number of thioether (sulfide) groups is 1. The van der Waals surface area contributed by atoms with Gasteiger partial charge in [0.25, 0.3) is 0 Å². The summed E-state index contributed by atoms with van der Waals surface area (Å²) in [4.78, 5) is 27.1. The summed E-state index contributed by atoms with van der Waals surface area (Å²) in [6.45, 7) is 2.37. The molecule has 0 aromatic heterocycles. The van der Waals surface area contributed by atoms with E-state index in [9.17, 15) is 9.59 Å². The molecule has 0 fully saturated rings. The molecule has 7 heteroatoms. The molecule has 1 aliphatic rings. The van der Waals surface area contributed by atoms with Crippen LogP contribution in [-0.4, -0.2) is 28.8 Å². The van der Waals surface area contributed by atoms with E-state index in [0.717, 1.165) is 11.8 Å². The van der Waals surface area contributed by atoms with Gasteiger partial charge in [0.15, 0.2) is 5.17 Å². The zero-order valence-electron chi connectivity index (χ0n) is 11.0. The Labute approximate surface area is 120 Å². The van der Waals surface area contributed by atoms with Crippen LogP contribution in [0.4, 0.5) is 5.69 Å². The van der Waals surface area contributed by atoms with Crippen molar-refractivity contribution in [2.24, 2.45) is 10.7 Å². The first kappa shape index (κ1) is 14.4. The Morgan fingerprint density at radius 1 is 1.55 bits per heavy atom. The number of amides is 2. The van der Waals surface area contributed by atoms with Crippen LogP contribution in [0.2, 0.25) is 0 Å². The van der Waals surface area contributed by atoms with E-state index in [0.29, 0.717) is 18.0 Å². The molecular formula is C13H15N3O3S. The van der Waals surface area contributed by atoms with Crippen molar-refractivity contribution < 1.29 is 14.3 Å². The van der Waals surface area contributed by atoms with Gasteiger partial charge in [-0.1, -0.05) is 23.9 Å². The number of hydrogen-bond acceptors (Lipinski definition) is 5. The molecule has 0 saturated carbocycles. The van der Waals surface area contributed by atoms with Gasteiger partial charge in [0.1, 0.15) is 11.0 Å². The van der Waals surface area contributed by atoms with Gasteiger partial charge in [-0.3, -0.25) is 9.59 Å². The smallest absolute Gasteiger partial charge is 0.249 e. The summed E-state index contributed by atoms with van der Waals surface area (Å²) in [6.07, 6.45) is 0.0496. The molecular weight excluding hydrogens is 278 g/mol. The van der Waals surface area contributed by atoms with Crippen molar-refractivity contribution in [3.05, 3.63) is 24.3 Å². The number of hydrogen-bond donors (Lipinski definition) is 2. The fourth-order valence-electron chi connectivity index (χ4n) is 1.75. The number of anilines is 1. The van der Waals surface area contributed by atoms with E-state index in [1.807, 2.05) is 13.0 Å². The zero-order chi connectivity index (χ0) is 14.5. The average Bonchev–Trinajstić information content (AvgIpc) is 2.40. The number of aliphatic imine (C=N–C) groups is 1. The number of ether oxygens (including phenoxy) is 1. The predicted octanol–water partition coefficient (Wildman–Crippen LogP) is 1.37. The minimum Gasteiger partial charge on any atom is -0.492 e. The lowest BCUT2D eigenvalue weighted by Gasteiger charge is -2.18. The van der Waals surface area contributed by atoms with Crippen LogP contribution in [0.25, 0.3) is 0 Å². The summed E-state index contributed by atoms with van der Waals surface area (Å²) in [5.41, 5.74) is 6.09. The van der Waals surface area contributed by atoms with Crippen LogP contribution in [-0.2, 0) is 9.59 Å². The monoisotopic (exact) mass is 293 g/mol. The third-order valence-corrected chi connectivity index (χ3v) is 3.59. The molecule has 1 atom stereocenters. The number of carbonyl (C=O) groups is 2. The Balaban J connectivity index is 2.08. The molecule has 1 heterocycles. The standard InChI is InChI=1S/C13H15N3O3S/c1-2-19-9-6-4-3-5-8(9)15-12(18)10-7-11(17)16-13(14)20-10/h3-6,10H,2,7H2,1H3,(H,15,18)(H2,14,16,17)/t10-/m0/s1. The van der Waals surface area contributed by atoms with E-state index >= 15 is 0 Å². The van der Waals surface area contributed by atoms with Crippen molar-refractivity contribution in [1.29, 1.82) is 0 Å². The van der Waals surface area contributed by atoms with E-state index < -0.39 is 5.25 Å². The van der Waals surface area contributed by atoms with E-state index in [1.54, 1.807) is 18.2 Å². The predicted molar refractivity (Wildman–Crippen MR) is 78.9 cm³/mol. The highest BCUT2D eigenvalue weighted by Gasteiger charge is 2.28. The van der Waals surface area contributed by atoms with Crippen molar-refractivity contribution in [3.8, 4) is 5.75 Å². The lowest BCUT2D eigenvalue weighted by atomic mass is 10.2. The number of amidine groups is 1. The number of para-hydroxylation sites is 2. The third kappa shape index (κ3) is 3.51. The van der Waals surface area contributed by atoms with Crippen LogP contribution in [0.1, 0.15) is 13.3 Å². The number of nitrogens with two attached hydrogens (primary N) is 1. The second-order valence-electron chi connectivity index (χ2n) is 4.07. The number of benzene rings is 1. The Hall–Kier alpha value is -2.02. The average molecular weight is 293 g/mol. The zero-order valence-corrected chi connectivity index (χ0v) is 11.8. The first-order valence-corrected chi connectivity index (χ1v) is 7.04. The molecule has 0 bridgehead atoms. The van der Waals surface area contributed by atoms with Crippen LogP contribution in [0.15, 0.2) is 29.3 Å².